The lowest BCUT2D eigenvalue weighted by atomic mass is 9.87. The van der Waals surface area contributed by atoms with Gasteiger partial charge in [0.05, 0.1) is 0 Å². The predicted molar refractivity (Wildman–Crippen MR) is 79.7 cm³/mol. The Hall–Kier alpha value is -1.35. The lowest BCUT2D eigenvalue weighted by molar-refractivity contribution is -0.134. The van der Waals surface area contributed by atoms with Gasteiger partial charge in [-0.25, -0.2) is 0 Å². The SMILES string of the molecule is CC(N(C)C(=O)CC(N)c1ccccc1)C(C)(C)C. The number of rotatable bonds is 4. The minimum absolute atomic E-state index is 0.0707. The fraction of sp³-hybridized carbons (Fsp3) is 0.562. The summed E-state index contributed by atoms with van der Waals surface area (Å²) in [6.45, 7) is 8.49. The molecule has 1 aromatic rings. The van der Waals surface area contributed by atoms with Gasteiger partial charge in [0.2, 0.25) is 5.91 Å². The fourth-order valence-corrected chi connectivity index (χ4v) is 1.95. The largest absolute Gasteiger partial charge is 0.342 e. The van der Waals surface area contributed by atoms with Crippen LogP contribution in [0.15, 0.2) is 30.3 Å². The quantitative estimate of drug-likeness (QED) is 0.906. The average molecular weight is 262 g/mol. The van der Waals surface area contributed by atoms with Crippen LogP contribution in [0.25, 0.3) is 0 Å². The number of amides is 1. The number of carbonyl (C=O) groups is 1. The maximum Gasteiger partial charge on any atom is 0.224 e. The Bertz CT molecular complexity index is 409. The van der Waals surface area contributed by atoms with Gasteiger partial charge in [-0.3, -0.25) is 4.79 Å². The molecule has 1 aromatic carbocycles. The van der Waals surface area contributed by atoms with Crippen LogP contribution in [0.4, 0.5) is 0 Å². The molecule has 0 aliphatic carbocycles. The summed E-state index contributed by atoms with van der Waals surface area (Å²) in [5, 5.41) is 0. The summed E-state index contributed by atoms with van der Waals surface area (Å²) in [5.41, 5.74) is 7.17. The second kappa shape index (κ2) is 6.20. The van der Waals surface area contributed by atoms with Gasteiger partial charge in [-0.2, -0.15) is 0 Å². The zero-order chi connectivity index (χ0) is 14.6. The Kier molecular flexibility index (Phi) is 5.12. The van der Waals surface area contributed by atoms with Crippen LogP contribution >= 0.6 is 0 Å². The highest BCUT2D eigenvalue weighted by Crippen LogP contribution is 2.24. The van der Waals surface area contributed by atoms with E-state index < -0.39 is 0 Å². The number of hydrogen-bond donors (Lipinski definition) is 1. The molecule has 0 saturated carbocycles. The Labute approximate surface area is 116 Å². The van der Waals surface area contributed by atoms with E-state index in [-0.39, 0.29) is 23.4 Å². The van der Waals surface area contributed by atoms with E-state index in [2.05, 4.69) is 27.7 Å². The summed E-state index contributed by atoms with van der Waals surface area (Å²) in [7, 11) is 1.86. The zero-order valence-corrected chi connectivity index (χ0v) is 12.7. The van der Waals surface area contributed by atoms with E-state index >= 15 is 0 Å². The van der Waals surface area contributed by atoms with Gasteiger partial charge in [0.15, 0.2) is 0 Å². The molecule has 0 aliphatic heterocycles. The van der Waals surface area contributed by atoms with E-state index in [0.717, 1.165) is 5.56 Å². The molecule has 0 heterocycles. The van der Waals surface area contributed by atoms with Crippen molar-refractivity contribution in [3.63, 3.8) is 0 Å². The van der Waals surface area contributed by atoms with Crippen LogP contribution in [0.2, 0.25) is 0 Å². The maximum atomic E-state index is 12.3. The summed E-state index contributed by atoms with van der Waals surface area (Å²) in [5.74, 6) is 0.0961. The first-order valence-corrected chi connectivity index (χ1v) is 6.79. The number of hydrogen-bond acceptors (Lipinski definition) is 2. The topological polar surface area (TPSA) is 46.3 Å². The maximum absolute atomic E-state index is 12.3. The number of nitrogens with two attached hydrogens (primary N) is 1. The Morgan fingerprint density at radius 2 is 1.79 bits per heavy atom. The molecule has 2 atom stereocenters. The second-order valence-electron chi connectivity index (χ2n) is 6.27. The zero-order valence-electron chi connectivity index (χ0n) is 12.7. The van der Waals surface area contributed by atoms with E-state index in [1.54, 1.807) is 0 Å². The minimum Gasteiger partial charge on any atom is -0.342 e. The van der Waals surface area contributed by atoms with E-state index in [4.69, 9.17) is 5.73 Å². The van der Waals surface area contributed by atoms with Crippen LogP contribution < -0.4 is 5.73 Å². The molecule has 0 saturated heterocycles. The van der Waals surface area contributed by atoms with Crippen molar-refractivity contribution >= 4 is 5.91 Å². The third kappa shape index (κ3) is 4.35. The van der Waals surface area contributed by atoms with Gasteiger partial charge in [0, 0.05) is 25.6 Å². The van der Waals surface area contributed by atoms with E-state index in [0.29, 0.717) is 6.42 Å². The summed E-state index contributed by atoms with van der Waals surface area (Å²) >= 11 is 0. The Balaban J connectivity index is 2.65. The predicted octanol–water partition coefficient (Wildman–Crippen LogP) is 2.97. The molecule has 1 rings (SSSR count). The van der Waals surface area contributed by atoms with Gasteiger partial charge in [-0.1, -0.05) is 51.1 Å². The Morgan fingerprint density at radius 1 is 1.26 bits per heavy atom. The van der Waals surface area contributed by atoms with Crippen molar-refractivity contribution in [2.24, 2.45) is 11.1 Å². The number of benzene rings is 1. The summed E-state index contributed by atoms with van der Waals surface area (Å²) in [6, 6.07) is 9.72. The molecule has 1 amide bonds. The smallest absolute Gasteiger partial charge is 0.224 e. The standard InChI is InChI=1S/C16H26N2O/c1-12(16(2,3)4)18(5)15(19)11-14(17)13-9-7-6-8-10-13/h6-10,12,14H,11,17H2,1-5H3. The van der Waals surface area contributed by atoms with Crippen molar-refractivity contribution in [3.05, 3.63) is 35.9 Å². The molecule has 19 heavy (non-hydrogen) atoms. The van der Waals surface area contributed by atoms with Crippen LogP contribution in [0.5, 0.6) is 0 Å². The lowest BCUT2D eigenvalue weighted by Crippen LogP contribution is -2.43. The van der Waals surface area contributed by atoms with Crippen LogP contribution in [0, 0.1) is 5.41 Å². The van der Waals surface area contributed by atoms with Crippen molar-refractivity contribution in [3.8, 4) is 0 Å². The van der Waals surface area contributed by atoms with Crippen LogP contribution in [-0.4, -0.2) is 23.9 Å². The normalized spacial score (nSPS) is 14.8. The van der Waals surface area contributed by atoms with Crippen LogP contribution in [0.1, 0.15) is 45.7 Å². The second-order valence-corrected chi connectivity index (χ2v) is 6.27. The molecular formula is C16H26N2O. The molecule has 2 unspecified atom stereocenters. The molecule has 2 N–H and O–H groups in total. The van der Waals surface area contributed by atoms with Crippen molar-refractivity contribution in [1.29, 1.82) is 0 Å². The van der Waals surface area contributed by atoms with Gasteiger partial charge in [0.25, 0.3) is 0 Å². The summed E-state index contributed by atoms with van der Waals surface area (Å²) in [6.07, 6.45) is 0.348. The van der Waals surface area contributed by atoms with Crippen LogP contribution in [0.3, 0.4) is 0 Å². The van der Waals surface area contributed by atoms with Crippen molar-refractivity contribution in [2.75, 3.05) is 7.05 Å². The first-order valence-electron chi connectivity index (χ1n) is 6.79. The monoisotopic (exact) mass is 262 g/mol. The molecule has 0 radical (unpaired) electrons. The van der Waals surface area contributed by atoms with Gasteiger partial charge in [-0.15, -0.1) is 0 Å². The number of nitrogens with zero attached hydrogens (tertiary/aromatic N) is 1. The third-order valence-corrected chi connectivity index (χ3v) is 3.85. The first-order chi connectivity index (χ1) is 8.73. The molecular weight excluding hydrogens is 236 g/mol. The average Bonchev–Trinajstić information content (AvgIpc) is 2.36. The van der Waals surface area contributed by atoms with Gasteiger partial charge in [-0.05, 0) is 17.9 Å². The molecule has 0 aromatic heterocycles. The molecule has 0 aliphatic rings. The first kappa shape index (κ1) is 15.7. The lowest BCUT2D eigenvalue weighted by Gasteiger charge is -2.35. The molecule has 3 nitrogen and oxygen atoms in total. The van der Waals surface area contributed by atoms with Crippen molar-refractivity contribution in [2.45, 2.75) is 46.2 Å². The van der Waals surface area contributed by atoms with Crippen molar-refractivity contribution in [1.82, 2.24) is 4.90 Å². The highest BCUT2D eigenvalue weighted by atomic mass is 16.2. The molecule has 0 fully saturated rings. The highest BCUT2D eigenvalue weighted by Gasteiger charge is 2.27. The summed E-state index contributed by atoms with van der Waals surface area (Å²) in [4.78, 5) is 14.1. The van der Waals surface area contributed by atoms with E-state index in [9.17, 15) is 4.79 Å². The molecule has 0 spiro atoms. The molecule has 106 valence electrons. The van der Waals surface area contributed by atoms with E-state index in [1.165, 1.54) is 0 Å². The fourth-order valence-electron chi connectivity index (χ4n) is 1.95. The minimum atomic E-state index is -0.233. The van der Waals surface area contributed by atoms with Gasteiger partial charge < -0.3 is 10.6 Å². The third-order valence-electron chi connectivity index (χ3n) is 3.85. The summed E-state index contributed by atoms with van der Waals surface area (Å²) < 4.78 is 0. The highest BCUT2D eigenvalue weighted by molar-refractivity contribution is 5.77. The van der Waals surface area contributed by atoms with Gasteiger partial charge in [0.1, 0.15) is 0 Å². The molecule has 3 heteroatoms. The Morgan fingerprint density at radius 3 is 2.26 bits per heavy atom. The number of carbonyl (C=O) groups excluding carboxylic acids is 1. The van der Waals surface area contributed by atoms with E-state index in [1.807, 2.05) is 42.3 Å². The van der Waals surface area contributed by atoms with Crippen LogP contribution in [-0.2, 0) is 4.79 Å². The van der Waals surface area contributed by atoms with Gasteiger partial charge >= 0.3 is 0 Å². The molecule has 0 bridgehead atoms. The van der Waals surface area contributed by atoms with Crippen molar-refractivity contribution < 1.29 is 4.79 Å².